The van der Waals surface area contributed by atoms with Crippen molar-refractivity contribution in [3.05, 3.63) is 23.8 Å². The summed E-state index contributed by atoms with van der Waals surface area (Å²) in [7, 11) is 0. The van der Waals surface area contributed by atoms with Crippen molar-refractivity contribution < 1.29 is 14.3 Å². The summed E-state index contributed by atoms with van der Waals surface area (Å²) in [6, 6.07) is 5.83. The first-order valence-electron chi connectivity index (χ1n) is 8.58. The predicted octanol–water partition coefficient (Wildman–Crippen LogP) is 2.10. The first-order chi connectivity index (χ1) is 11.2. The lowest BCUT2D eigenvalue weighted by atomic mass is 9.85. The van der Waals surface area contributed by atoms with E-state index < -0.39 is 0 Å². The van der Waals surface area contributed by atoms with Crippen LogP contribution in [0.25, 0.3) is 0 Å². The van der Waals surface area contributed by atoms with Crippen LogP contribution in [0.1, 0.15) is 31.7 Å². The summed E-state index contributed by atoms with van der Waals surface area (Å²) in [5.74, 6) is 2.71. The second-order valence-electron chi connectivity index (χ2n) is 6.54. The molecule has 3 rings (SSSR count). The molecule has 126 valence electrons. The van der Waals surface area contributed by atoms with E-state index in [1.807, 2.05) is 18.2 Å². The summed E-state index contributed by atoms with van der Waals surface area (Å²) >= 11 is 0. The number of hydrogen-bond donors (Lipinski definition) is 2. The average Bonchev–Trinajstić information content (AvgIpc) is 2.60. The van der Waals surface area contributed by atoms with Gasteiger partial charge in [-0.15, -0.1) is 0 Å². The van der Waals surface area contributed by atoms with Crippen LogP contribution < -0.4 is 20.1 Å². The first kappa shape index (κ1) is 16.1. The SMILES string of the molecule is CC(CC(=O)NCc1ccc2c(c1)OCCO2)C1CCCNC1. The molecule has 0 aromatic heterocycles. The number of carbonyl (C=O) groups is 1. The van der Waals surface area contributed by atoms with Crippen molar-refractivity contribution in [2.45, 2.75) is 32.7 Å². The third kappa shape index (κ3) is 4.38. The minimum absolute atomic E-state index is 0.123. The Labute approximate surface area is 137 Å². The highest BCUT2D eigenvalue weighted by Crippen LogP contribution is 2.30. The molecule has 1 aromatic rings. The lowest BCUT2D eigenvalue weighted by Crippen LogP contribution is -2.35. The summed E-state index contributed by atoms with van der Waals surface area (Å²) in [6.45, 7) is 6.04. The minimum atomic E-state index is 0.123. The van der Waals surface area contributed by atoms with Gasteiger partial charge in [0.1, 0.15) is 13.2 Å². The highest BCUT2D eigenvalue weighted by Gasteiger charge is 2.22. The van der Waals surface area contributed by atoms with Gasteiger partial charge in [-0.1, -0.05) is 13.0 Å². The Balaban J connectivity index is 1.46. The maximum atomic E-state index is 12.2. The molecule has 1 fully saturated rings. The second-order valence-corrected chi connectivity index (χ2v) is 6.54. The molecule has 5 nitrogen and oxygen atoms in total. The van der Waals surface area contributed by atoms with Gasteiger partial charge in [0, 0.05) is 13.0 Å². The van der Waals surface area contributed by atoms with E-state index in [9.17, 15) is 4.79 Å². The molecule has 0 saturated carbocycles. The smallest absolute Gasteiger partial charge is 0.220 e. The maximum absolute atomic E-state index is 12.2. The summed E-state index contributed by atoms with van der Waals surface area (Å²) in [4.78, 5) is 12.2. The predicted molar refractivity (Wildman–Crippen MR) is 88.7 cm³/mol. The Bertz CT molecular complexity index is 541. The van der Waals surface area contributed by atoms with Gasteiger partial charge in [0.05, 0.1) is 0 Å². The Hall–Kier alpha value is -1.75. The number of hydrogen-bond acceptors (Lipinski definition) is 4. The van der Waals surface area contributed by atoms with E-state index in [1.165, 1.54) is 12.8 Å². The number of benzene rings is 1. The molecule has 0 radical (unpaired) electrons. The van der Waals surface area contributed by atoms with Gasteiger partial charge in [-0.3, -0.25) is 4.79 Å². The van der Waals surface area contributed by atoms with Crippen LogP contribution in [-0.2, 0) is 11.3 Å². The van der Waals surface area contributed by atoms with E-state index in [-0.39, 0.29) is 5.91 Å². The Morgan fingerprint density at radius 2 is 2.17 bits per heavy atom. The lowest BCUT2D eigenvalue weighted by Gasteiger charge is -2.28. The fourth-order valence-electron chi connectivity index (χ4n) is 3.29. The highest BCUT2D eigenvalue weighted by atomic mass is 16.6. The summed E-state index contributed by atoms with van der Waals surface area (Å²) in [6.07, 6.45) is 3.04. The number of ether oxygens (including phenoxy) is 2. The standard InChI is InChI=1S/C18H26N2O3/c1-13(15-3-2-6-19-12-15)9-18(21)20-11-14-4-5-16-17(10-14)23-8-7-22-16/h4-5,10,13,15,19H,2-3,6-9,11-12H2,1H3,(H,20,21). The molecule has 2 heterocycles. The van der Waals surface area contributed by atoms with E-state index in [2.05, 4.69) is 17.6 Å². The van der Waals surface area contributed by atoms with Crippen molar-refractivity contribution in [2.75, 3.05) is 26.3 Å². The van der Waals surface area contributed by atoms with Crippen LogP contribution in [-0.4, -0.2) is 32.2 Å². The third-order valence-electron chi connectivity index (χ3n) is 4.74. The minimum Gasteiger partial charge on any atom is -0.486 e. The quantitative estimate of drug-likeness (QED) is 0.873. The van der Waals surface area contributed by atoms with Crippen LogP contribution in [0.5, 0.6) is 11.5 Å². The largest absolute Gasteiger partial charge is 0.486 e. The average molecular weight is 318 g/mol. The molecular formula is C18H26N2O3. The van der Waals surface area contributed by atoms with Crippen LogP contribution in [0.4, 0.5) is 0 Å². The van der Waals surface area contributed by atoms with Crippen LogP contribution in [0, 0.1) is 11.8 Å². The number of carbonyl (C=O) groups excluding carboxylic acids is 1. The zero-order chi connectivity index (χ0) is 16.1. The molecule has 1 saturated heterocycles. The van der Waals surface area contributed by atoms with Crippen molar-refractivity contribution in [2.24, 2.45) is 11.8 Å². The molecule has 0 spiro atoms. The fourth-order valence-corrected chi connectivity index (χ4v) is 3.29. The normalized spacial score (nSPS) is 21.5. The lowest BCUT2D eigenvalue weighted by molar-refractivity contribution is -0.122. The highest BCUT2D eigenvalue weighted by molar-refractivity contribution is 5.76. The van der Waals surface area contributed by atoms with Gasteiger partial charge in [0.25, 0.3) is 0 Å². The summed E-state index contributed by atoms with van der Waals surface area (Å²) in [5.41, 5.74) is 1.04. The number of nitrogens with one attached hydrogen (secondary N) is 2. The molecule has 2 aliphatic rings. The van der Waals surface area contributed by atoms with Crippen LogP contribution in [0.15, 0.2) is 18.2 Å². The molecule has 0 aliphatic carbocycles. The van der Waals surface area contributed by atoms with Crippen molar-refractivity contribution in [1.82, 2.24) is 10.6 Å². The van der Waals surface area contributed by atoms with E-state index in [0.717, 1.165) is 30.2 Å². The Morgan fingerprint density at radius 3 is 2.96 bits per heavy atom. The monoisotopic (exact) mass is 318 g/mol. The number of piperidine rings is 1. The number of amides is 1. The van der Waals surface area contributed by atoms with Gasteiger partial charge in [-0.05, 0) is 55.5 Å². The topological polar surface area (TPSA) is 59.6 Å². The molecule has 1 amide bonds. The molecule has 5 heteroatoms. The van der Waals surface area contributed by atoms with E-state index in [4.69, 9.17) is 9.47 Å². The van der Waals surface area contributed by atoms with Crippen molar-refractivity contribution >= 4 is 5.91 Å². The van der Waals surface area contributed by atoms with Gasteiger partial charge in [0.15, 0.2) is 11.5 Å². The second kappa shape index (κ2) is 7.68. The molecule has 2 unspecified atom stereocenters. The van der Waals surface area contributed by atoms with Gasteiger partial charge in [0.2, 0.25) is 5.91 Å². The van der Waals surface area contributed by atoms with Crippen LogP contribution >= 0.6 is 0 Å². The van der Waals surface area contributed by atoms with E-state index in [0.29, 0.717) is 38.0 Å². The molecule has 1 aromatic carbocycles. The van der Waals surface area contributed by atoms with Gasteiger partial charge >= 0.3 is 0 Å². The van der Waals surface area contributed by atoms with E-state index in [1.54, 1.807) is 0 Å². The zero-order valence-electron chi connectivity index (χ0n) is 13.8. The first-order valence-corrected chi connectivity index (χ1v) is 8.58. The van der Waals surface area contributed by atoms with Gasteiger partial charge < -0.3 is 20.1 Å². The summed E-state index contributed by atoms with van der Waals surface area (Å²) < 4.78 is 11.1. The van der Waals surface area contributed by atoms with Crippen molar-refractivity contribution in [3.8, 4) is 11.5 Å². The van der Waals surface area contributed by atoms with E-state index >= 15 is 0 Å². The van der Waals surface area contributed by atoms with Crippen molar-refractivity contribution in [3.63, 3.8) is 0 Å². The van der Waals surface area contributed by atoms with Crippen LogP contribution in [0.2, 0.25) is 0 Å². The van der Waals surface area contributed by atoms with Crippen LogP contribution in [0.3, 0.4) is 0 Å². The summed E-state index contributed by atoms with van der Waals surface area (Å²) in [5, 5.41) is 6.44. The third-order valence-corrected chi connectivity index (χ3v) is 4.74. The van der Waals surface area contributed by atoms with Crippen molar-refractivity contribution in [1.29, 1.82) is 0 Å². The molecule has 2 N–H and O–H groups in total. The molecule has 2 atom stereocenters. The fraction of sp³-hybridized carbons (Fsp3) is 0.611. The van der Waals surface area contributed by atoms with Gasteiger partial charge in [-0.2, -0.15) is 0 Å². The molecule has 0 bridgehead atoms. The molecule has 2 aliphatic heterocycles. The Morgan fingerprint density at radius 1 is 1.35 bits per heavy atom. The number of rotatable bonds is 5. The molecular weight excluding hydrogens is 292 g/mol. The zero-order valence-corrected chi connectivity index (χ0v) is 13.8. The Kier molecular flexibility index (Phi) is 5.39. The maximum Gasteiger partial charge on any atom is 0.220 e. The number of fused-ring (bicyclic) bond motifs is 1. The van der Waals surface area contributed by atoms with Gasteiger partial charge in [-0.25, -0.2) is 0 Å². The molecule has 23 heavy (non-hydrogen) atoms.